The maximum atomic E-state index is 10.6. The lowest BCUT2D eigenvalue weighted by molar-refractivity contribution is 0.0995. The van der Waals surface area contributed by atoms with Gasteiger partial charge in [-0.3, -0.25) is 4.79 Å². The smallest absolute Gasteiger partial charge is 0.267 e. The van der Waals surface area contributed by atoms with Crippen molar-refractivity contribution in [3.8, 4) is 0 Å². The maximum Gasteiger partial charge on any atom is 0.267 e. The Morgan fingerprint density at radius 2 is 2.70 bits per heavy atom. The van der Waals surface area contributed by atoms with E-state index in [0.29, 0.717) is 0 Å². The first-order valence-corrected chi connectivity index (χ1v) is 2.54. The van der Waals surface area contributed by atoms with Crippen LogP contribution in [0.25, 0.3) is 0 Å². The first kappa shape index (κ1) is 3.65. The lowest BCUT2D eigenvalue weighted by Gasteiger charge is -1.92. The summed E-state index contributed by atoms with van der Waals surface area (Å²) in [5.74, 6) is -1.14. The number of amides is 1. The minimum Gasteiger partial charge on any atom is -0.364 e. The second kappa shape index (κ2) is 2.43. The fourth-order valence-corrected chi connectivity index (χ4v) is 0.496. The first-order chi connectivity index (χ1) is 5.91. The van der Waals surface area contributed by atoms with Crippen molar-refractivity contribution in [2.24, 2.45) is 5.73 Å². The average Bonchev–Trinajstić information content (AvgIpc) is 2.03. The number of carbonyl (C=O) groups is 1. The molecule has 4 nitrogen and oxygen atoms in total. The van der Waals surface area contributed by atoms with Crippen molar-refractivity contribution in [2.75, 3.05) is 0 Å². The van der Waals surface area contributed by atoms with Crippen molar-refractivity contribution in [2.45, 2.75) is 6.85 Å². The normalized spacial score (nSPS) is 15.0. The lowest BCUT2D eigenvalue weighted by atomic mass is 10.4. The topological polar surface area (TPSA) is 68.9 Å². The van der Waals surface area contributed by atoms with Crippen LogP contribution in [-0.4, -0.2) is 15.9 Å². The molecule has 0 atom stereocenters. The Morgan fingerprint density at radius 3 is 3.30 bits per heavy atom. The van der Waals surface area contributed by atoms with E-state index >= 15 is 0 Å². The van der Waals surface area contributed by atoms with E-state index in [4.69, 9.17) is 9.85 Å². The van der Waals surface area contributed by atoms with Crippen LogP contribution >= 0.6 is 0 Å². The maximum absolute atomic E-state index is 10.6. The van der Waals surface area contributed by atoms with E-state index in [-0.39, 0.29) is 11.5 Å². The van der Waals surface area contributed by atoms with Gasteiger partial charge in [-0.15, -0.1) is 0 Å². The standard InChI is InChI=1S/C6H7N3O/c1-4-8-3-2-5(9-4)6(7)10/h2-3H,1H3,(H2,7,10)/i1D3. The van der Waals surface area contributed by atoms with Crippen LogP contribution in [0, 0.1) is 6.85 Å². The van der Waals surface area contributed by atoms with Crippen LogP contribution < -0.4 is 5.73 Å². The fraction of sp³-hybridized carbons (Fsp3) is 0.167. The molecule has 0 aliphatic rings. The zero-order valence-electron chi connectivity index (χ0n) is 8.03. The summed E-state index contributed by atoms with van der Waals surface area (Å²) in [6.45, 7) is -2.41. The molecule has 0 bridgehead atoms. The second-order valence-corrected chi connectivity index (χ2v) is 1.63. The van der Waals surface area contributed by atoms with E-state index in [1.54, 1.807) is 0 Å². The van der Waals surface area contributed by atoms with Crippen LogP contribution in [0.1, 0.15) is 20.4 Å². The van der Waals surface area contributed by atoms with Crippen LogP contribution in [0.4, 0.5) is 0 Å². The molecule has 1 heterocycles. The van der Waals surface area contributed by atoms with E-state index in [9.17, 15) is 4.79 Å². The Morgan fingerprint density at radius 1 is 1.90 bits per heavy atom. The van der Waals surface area contributed by atoms with Gasteiger partial charge < -0.3 is 5.73 Å². The summed E-state index contributed by atoms with van der Waals surface area (Å²) < 4.78 is 20.9. The summed E-state index contributed by atoms with van der Waals surface area (Å²) in [6, 6.07) is 1.26. The molecular weight excluding hydrogens is 130 g/mol. The van der Waals surface area contributed by atoms with Gasteiger partial charge in [0.2, 0.25) is 0 Å². The van der Waals surface area contributed by atoms with E-state index < -0.39 is 12.8 Å². The Hall–Kier alpha value is -1.45. The summed E-state index contributed by atoms with van der Waals surface area (Å²) in [5, 5.41) is 0. The zero-order chi connectivity index (χ0) is 10.1. The fourth-order valence-electron chi connectivity index (χ4n) is 0.496. The highest BCUT2D eigenvalue weighted by Crippen LogP contribution is 1.91. The number of aromatic nitrogens is 2. The number of carbonyl (C=O) groups excluding carboxylic acids is 1. The molecule has 2 N–H and O–H groups in total. The molecular formula is C6H7N3O. The van der Waals surface area contributed by atoms with Gasteiger partial charge in [-0.1, -0.05) is 0 Å². The number of rotatable bonds is 1. The first-order valence-electron chi connectivity index (χ1n) is 4.04. The van der Waals surface area contributed by atoms with E-state index in [2.05, 4.69) is 9.97 Å². The minimum atomic E-state index is -2.41. The van der Waals surface area contributed by atoms with Gasteiger partial charge >= 0.3 is 0 Å². The predicted molar refractivity (Wildman–Crippen MR) is 35.3 cm³/mol. The lowest BCUT2D eigenvalue weighted by Crippen LogP contribution is -2.13. The molecule has 0 radical (unpaired) electrons. The number of hydrogen-bond acceptors (Lipinski definition) is 3. The van der Waals surface area contributed by atoms with Crippen molar-refractivity contribution in [1.29, 1.82) is 0 Å². The summed E-state index contributed by atoms with van der Waals surface area (Å²) in [4.78, 5) is 17.6. The second-order valence-electron chi connectivity index (χ2n) is 1.63. The third-order valence-corrected chi connectivity index (χ3v) is 0.908. The highest BCUT2D eigenvalue weighted by Gasteiger charge is 1.99. The van der Waals surface area contributed by atoms with Crippen LogP contribution in [0.3, 0.4) is 0 Å². The van der Waals surface area contributed by atoms with Crippen LogP contribution in [-0.2, 0) is 0 Å². The number of aryl methyl sites for hydroxylation is 1. The summed E-state index contributed by atoms with van der Waals surface area (Å²) in [5.41, 5.74) is 4.82. The minimum absolute atomic E-state index is 0.0962. The van der Waals surface area contributed by atoms with Gasteiger partial charge in [0.05, 0.1) is 0 Å². The van der Waals surface area contributed by atoms with Crippen molar-refractivity contribution in [3.63, 3.8) is 0 Å². The molecule has 0 unspecified atom stereocenters. The average molecular weight is 140 g/mol. The SMILES string of the molecule is [2H]C([2H])([2H])c1nccc(C(N)=O)n1. The van der Waals surface area contributed by atoms with Crippen molar-refractivity contribution in [3.05, 3.63) is 23.8 Å². The number of primary amides is 1. The molecule has 0 aromatic carbocycles. The largest absolute Gasteiger partial charge is 0.364 e. The van der Waals surface area contributed by atoms with E-state index in [0.717, 1.165) is 0 Å². The highest BCUT2D eigenvalue weighted by atomic mass is 16.1. The van der Waals surface area contributed by atoms with Gasteiger partial charge in [0.25, 0.3) is 5.91 Å². The molecule has 1 aromatic rings. The molecule has 4 heteroatoms. The Balaban J connectivity index is 3.13. The Labute approximate surface area is 62.3 Å². The molecule has 0 saturated heterocycles. The van der Waals surface area contributed by atoms with Crippen LogP contribution in [0.15, 0.2) is 12.3 Å². The van der Waals surface area contributed by atoms with Crippen LogP contribution in [0.2, 0.25) is 0 Å². The molecule has 0 saturated carbocycles. The molecule has 1 aromatic heterocycles. The molecule has 1 amide bonds. The highest BCUT2D eigenvalue weighted by molar-refractivity contribution is 5.90. The van der Waals surface area contributed by atoms with E-state index in [1.807, 2.05) is 0 Å². The number of nitrogens with zero attached hydrogens (tertiary/aromatic N) is 2. The van der Waals surface area contributed by atoms with Gasteiger partial charge in [-0.05, 0) is 12.9 Å². The van der Waals surface area contributed by atoms with Gasteiger partial charge in [-0.2, -0.15) is 0 Å². The number of nitrogens with two attached hydrogens (primary N) is 1. The Kier molecular flexibility index (Phi) is 0.887. The van der Waals surface area contributed by atoms with Crippen LogP contribution in [0.5, 0.6) is 0 Å². The molecule has 0 fully saturated rings. The molecule has 0 aliphatic heterocycles. The third kappa shape index (κ3) is 1.28. The van der Waals surface area contributed by atoms with Gasteiger partial charge in [0.1, 0.15) is 11.5 Å². The Bertz CT molecular complexity index is 336. The summed E-state index contributed by atoms with van der Waals surface area (Å²) >= 11 is 0. The zero-order valence-corrected chi connectivity index (χ0v) is 5.03. The third-order valence-electron chi connectivity index (χ3n) is 0.908. The van der Waals surface area contributed by atoms with Gasteiger partial charge in [0.15, 0.2) is 0 Å². The molecule has 10 heavy (non-hydrogen) atoms. The van der Waals surface area contributed by atoms with Gasteiger partial charge in [0, 0.05) is 10.3 Å². The molecule has 0 spiro atoms. The predicted octanol–water partition coefficient (Wildman–Crippen LogP) is -0.116. The molecule has 52 valence electrons. The van der Waals surface area contributed by atoms with E-state index in [1.165, 1.54) is 12.3 Å². The number of hydrogen-bond donors (Lipinski definition) is 1. The monoisotopic (exact) mass is 140 g/mol. The van der Waals surface area contributed by atoms with Gasteiger partial charge in [-0.25, -0.2) is 9.97 Å². The van der Waals surface area contributed by atoms with Crippen molar-refractivity contribution in [1.82, 2.24) is 9.97 Å². The molecule has 0 aliphatic carbocycles. The summed E-state index contributed by atoms with van der Waals surface area (Å²) in [7, 11) is 0. The quantitative estimate of drug-likeness (QED) is 0.591. The van der Waals surface area contributed by atoms with Crippen molar-refractivity contribution < 1.29 is 8.91 Å². The van der Waals surface area contributed by atoms with Crippen molar-refractivity contribution >= 4 is 5.91 Å². The molecule has 1 rings (SSSR count). The summed E-state index contributed by atoms with van der Waals surface area (Å²) in [6.07, 6.45) is 1.19.